The van der Waals surface area contributed by atoms with Crippen LogP contribution in [-0.2, 0) is 0 Å². The Morgan fingerprint density at radius 3 is 2.62 bits per heavy atom. The molecule has 7 heteroatoms. The van der Waals surface area contributed by atoms with Crippen LogP contribution in [0.25, 0.3) is 5.69 Å². The van der Waals surface area contributed by atoms with Gasteiger partial charge in [0.15, 0.2) is 5.82 Å². The lowest BCUT2D eigenvalue weighted by Gasteiger charge is -2.27. The van der Waals surface area contributed by atoms with Crippen molar-refractivity contribution in [2.24, 2.45) is 0 Å². The van der Waals surface area contributed by atoms with Crippen LogP contribution in [0.1, 0.15) is 31.4 Å². The molecule has 0 unspecified atom stereocenters. The summed E-state index contributed by atoms with van der Waals surface area (Å²) >= 11 is 0. The molecule has 24 heavy (non-hydrogen) atoms. The van der Waals surface area contributed by atoms with E-state index < -0.39 is 5.54 Å². The molecule has 1 aliphatic carbocycles. The Hall–Kier alpha value is -2.41. The number of aryl methyl sites for hydroxylation is 1. The third kappa shape index (κ3) is 3.41. The molecule has 0 saturated heterocycles. The molecule has 1 heterocycles. The third-order valence-corrected chi connectivity index (χ3v) is 4.44. The van der Waals surface area contributed by atoms with E-state index in [0.717, 1.165) is 31.4 Å². The number of aromatic nitrogens is 2. The van der Waals surface area contributed by atoms with Gasteiger partial charge in [0.1, 0.15) is 5.82 Å². The van der Waals surface area contributed by atoms with Gasteiger partial charge < -0.3 is 10.4 Å². The summed E-state index contributed by atoms with van der Waals surface area (Å²) in [6.45, 7) is 1.79. The molecule has 1 aromatic heterocycles. The van der Waals surface area contributed by atoms with E-state index in [9.17, 15) is 14.3 Å². The number of halogens is 1. The van der Waals surface area contributed by atoms with E-state index in [1.165, 1.54) is 12.1 Å². The molecule has 2 amide bonds. The number of aliphatic hydroxyl groups is 1. The summed E-state index contributed by atoms with van der Waals surface area (Å²) in [4.78, 5) is 12.2. The number of hydrogen-bond acceptors (Lipinski definition) is 3. The Balaban J connectivity index is 1.71. The van der Waals surface area contributed by atoms with E-state index in [4.69, 9.17) is 0 Å². The summed E-state index contributed by atoms with van der Waals surface area (Å²) in [7, 11) is 0. The highest BCUT2D eigenvalue weighted by Gasteiger charge is 2.34. The van der Waals surface area contributed by atoms with Crippen molar-refractivity contribution < 1.29 is 14.3 Å². The Labute approximate surface area is 139 Å². The monoisotopic (exact) mass is 332 g/mol. The van der Waals surface area contributed by atoms with Crippen molar-refractivity contribution >= 4 is 11.8 Å². The van der Waals surface area contributed by atoms with Crippen molar-refractivity contribution in [2.45, 2.75) is 38.1 Å². The molecule has 1 aliphatic rings. The lowest BCUT2D eigenvalue weighted by atomic mass is 9.99. The van der Waals surface area contributed by atoms with Gasteiger partial charge in [-0.2, -0.15) is 0 Å². The van der Waals surface area contributed by atoms with Gasteiger partial charge in [0.25, 0.3) is 0 Å². The number of nitrogens with one attached hydrogen (secondary N) is 2. The Morgan fingerprint density at radius 1 is 1.33 bits per heavy atom. The zero-order chi connectivity index (χ0) is 17.2. The normalized spacial score (nSPS) is 16.1. The second-order valence-corrected chi connectivity index (χ2v) is 6.28. The molecule has 3 N–H and O–H groups in total. The molecule has 1 fully saturated rings. The number of amides is 2. The number of benzene rings is 1. The maximum atomic E-state index is 13.0. The van der Waals surface area contributed by atoms with Crippen molar-refractivity contribution in [3.05, 3.63) is 41.8 Å². The molecule has 0 bridgehead atoms. The van der Waals surface area contributed by atoms with Gasteiger partial charge in [0.05, 0.1) is 17.8 Å². The van der Waals surface area contributed by atoms with Gasteiger partial charge >= 0.3 is 6.03 Å². The van der Waals surface area contributed by atoms with Crippen LogP contribution < -0.4 is 10.6 Å². The number of carbonyl (C=O) groups is 1. The number of aliphatic hydroxyl groups excluding tert-OH is 1. The van der Waals surface area contributed by atoms with Gasteiger partial charge in [-0.15, -0.1) is 5.10 Å². The molecule has 0 spiro atoms. The van der Waals surface area contributed by atoms with E-state index in [0.29, 0.717) is 11.5 Å². The van der Waals surface area contributed by atoms with Gasteiger partial charge in [0.2, 0.25) is 0 Å². The van der Waals surface area contributed by atoms with Crippen LogP contribution >= 0.6 is 0 Å². The molecular weight excluding hydrogens is 311 g/mol. The summed E-state index contributed by atoms with van der Waals surface area (Å²) in [6, 6.07) is 7.33. The molecule has 128 valence electrons. The van der Waals surface area contributed by atoms with Crippen molar-refractivity contribution in [3.8, 4) is 5.69 Å². The summed E-state index contributed by atoms with van der Waals surface area (Å²) in [5.74, 6) is 0.0903. The zero-order valence-electron chi connectivity index (χ0n) is 13.6. The highest BCUT2D eigenvalue weighted by molar-refractivity contribution is 5.88. The van der Waals surface area contributed by atoms with Crippen LogP contribution in [0.15, 0.2) is 30.3 Å². The minimum absolute atomic E-state index is 0.0660. The maximum absolute atomic E-state index is 13.0. The van der Waals surface area contributed by atoms with E-state index in [1.807, 2.05) is 6.92 Å². The molecule has 0 atom stereocenters. The Morgan fingerprint density at radius 2 is 2.00 bits per heavy atom. The molecule has 1 saturated carbocycles. The average Bonchev–Trinajstić information content (AvgIpc) is 3.15. The molecule has 0 aliphatic heterocycles. The van der Waals surface area contributed by atoms with Crippen molar-refractivity contribution in [1.82, 2.24) is 15.1 Å². The van der Waals surface area contributed by atoms with E-state index in [-0.39, 0.29) is 18.5 Å². The zero-order valence-corrected chi connectivity index (χ0v) is 13.6. The van der Waals surface area contributed by atoms with Crippen LogP contribution in [0.2, 0.25) is 0 Å². The molecule has 0 radical (unpaired) electrons. The van der Waals surface area contributed by atoms with Gasteiger partial charge in [-0.05, 0) is 44.0 Å². The largest absolute Gasteiger partial charge is 0.394 e. The first-order chi connectivity index (χ1) is 11.5. The number of nitrogens with zero attached hydrogens (tertiary/aromatic N) is 2. The van der Waals surface area contributed by atoms with Crippen LogP contribution in [-0.4, -0.2) is 33.1 Å². The fourth-order valence-corrected chi connectivity index (χ4v) is 3.14. The SMILES string of the molecule is Cc1cc(NC(=O)NC2(CO)CCCC2)nn1-c1ccc(F)cc1. The first-order valence-electron chi connectivity index (χ1n) is 8.04. The number of urea groups is 1. The molecular formula is C17H21FN4O2. The molecule has 2 aromatic rings. The summed E-state index contributed by atoms with van der Waals surface area (Å²) in [5.41, 5.74) is 0.998. The number of anilines is 1. The summed E-state index contributed by atoms with van der Waals surface area (Å²) < 4.78 is 14.7. The standard InChI is InChI=1S/C17H21FN4O2/c1-12-10-15(21-22(12)14-6-4-13(18)5-7-14)19-16(24)20-17(11-23)8-2-3-9-17/h4-7,10,23H,2-3,8-9,11H2,1H3,(H2,19,20,21,24). The van der Waals surface area contributed by atoms with Crippen molar-refractivity contribution in [2.75, 3.05) is 11.9 Å². The number of rotatable bonds is 4. The van der Waals surface area contributed by atoms with Crippen LogP contribution in [0.4, 0.5) is 15.0 Å². The van der Waals surface area contributed by atoms with E-state index in [1.54, 1.807) is 22.9 Å². The first-order valence-corrected chi connectivity index (χ1v) is 8.04. The molecule has 6 nitrogen and oxygen atoms in total. The van der Waals surface area contributed by atoms with Crippen molar-refractivity contribution in [3.63, 3.8) is 0 Å². The third-order valence-electron chi connectivity index (χ3n) is 4.44. The quantitative estimate of drug-likeness (QED) is 0.805. The molecule has 1 aromatic carbocycles. The summed E-state index contributed by atoms with van der Waals surface area (Å²) in [6.07, 6.45) is 3.55. The topological polar surface area (TPSA) is 79.2 Å². The Kier molecular flexibility index (Phi) is 4.53. The second-order valence-electron chi connectivity index (χ2n) is 6.28. The van der Waals surface area contributed by atoms with E-state index >= 15 is 0 Å². The van der Waals surface area contributed by atoms with E-state index in [2.05, 4.69) is 15.7 Å². The highest BCUT2D eigenvalue weighted by Crippen LogP contribution is 2.29. The maximum Gasteiger partial charge on any atom is 0.320 e. The van der Waals surface area contributed by atoms with Gasteiger partial charge in [-0.1, -0.05) is 12.8 Å². The highest BCUT2D eigenvalue weighted by atomic mass is 19.1. The van der Waals surface area contributed by atoms with Gasteiger partial charge in [-0.25, -0.2) is 13.9 Å². The second kappa shape index (κ2) is 6.60. The predicted octanol–water partition coefficient (Wildman–Crippen LogP) is 2.75. The van der Waals surface area contributed by atoms with Crippen molar-refractivity contribution in [1.29, 1.82) is 0 Å². The van der Waals surface area contributed by atoms with Gasteiger partial charge in [-0.3, -0.25) is 5.32 Å². The van der Waals surface area contributed by atoms with Crippen LogP contribution in [0, 0.1) is 12.7 Å². The fraction of sp³-hybridized carbons (Fsp3) is 0.412. The lowest BCUT2D eigenvalue weighted by Crippen LogP contribution is -2.50. The fourth-order valence-electron chi connectivity index (χ4n) is 3.14. The van der Waals surface area contributed by atoms with Crippen LogP contribution in [0.3, 0.4) is 0 Å². The number of carbonyl (C=O) groups excluding carboxylic acids is 1. The smallest absolute Gasteiger partial charge is 0.320 e. The average molecular weight is 332 g/mol. The van der Waals surface area contributed by atoms with Gasteiger partial charge in [0, 0.05) is 11.8 Å². The minimum atomic E-state index is -0.529. The summed E-state index contributed by atoms with van der Waals surface area (Å²) in [5, 5.41) is 19.5. The molecule has 3 rings (SSSR count). The lowest BCUT2D eigenvalue weighted by molar-refractivity contribution is 0.167. The first kappa shape index (κ1) is 16.4. The predicted molar refractivity (Wildman–Crippen MR) is 88.7 cm³/mol. The minimum Gasteiger partial charge on any atom is -0.394 e. The van der Waals surface area contributed by atoms with Crippen LogP contribution in [0.5, 0.6) is 0 Å². The number of hydrogen-bond donors (Lipinski definition) is 3. The Bertz CT molecular complexity index is 721.